The third kappa shape index (κ3) is 3.51. The van der Waals surface area contributed by atoms with E-state index in [4.69, 9.17) is 4.42 Å². The zero-order valence-electron chi connectivity index (χ0n) is 15.1. The van der Waals surface area contributed by atoms with Gasteiger partial charge in [0.2, 0.25) is 11.8 Å². The molecule has 2 aromatic rings. The van der Waals surface area contributed by atoms with Gasteiger partial charge in [0, 0.05) is 31.2 Å². The molecule has 0 bridgehead atoms. The minimum Gasteiger partial charge on any atom is -0.441 e. The van der Waals surface area contributed by atoms with E-state index in [0.717, 1.165) is 37.4 Å². The molecule has 1 aliphatic heterocycles. The lowest BCUT2D eigenvalue weighted by Gasteiger charge is -2.37. The number of nitrogens with zero attached hydrogens (tertiary/aromatic N) is 3. The second-order valence-electron chi connectivity index (χ2n) is 7.27. The van der Waals surface area contributed by atoms with Gasteiger partial charge in [0.05, 0.1) is 12.2 Å². The Morgan fingerprint density at radius 1 is 1.27 bits per heavy atom. The molecule has 2 heterocycles. The molecular formula is C20H24FN3O2. The van der Waals surface area contributed by atoms with Gasteiger partial charge in [-0.25, -0.2) is 9.37 Å². The van der Waals surface area contributed by atoms with Crippen molar-refractivity contribution in [2.75, 3.05) is 19.6 Å². The Balaban J connectivity index is 1.43. The van der Waals surface area contributed by atoms with Gasteiger partial charge < -0.3 is 9.32 Å². The maximum absolute atomic E-state index is 13.4. The summed E-state index contributed by atoms with van der Waals surface area (Å²) in [5.74, 6) is 1.05. The molecule has 0 atom stereocenters. The maximum Gasteiger partial charge on any atom is 0.237 e. The molecule has 1 saturated carbocycles. The Kier molecular flexibility index (Phi) is 4.76. The number of rotatable bonds is 4. The van der Waals surface area contributed by atoms with Crippen molar-refractivity contribution in [3.8, 4) is 11.5 Å². The number of carbonyl (C=O) groups excluding carboxylic acids is 1. The van der Waals surface area contributed by atoms with Crippen LogP contribution in [-0.2, 0) is 11.3 Å². The van der Waals surface area contributed by atoms with Crippen LogP contribution in [0.25, 0.3) is 11.5 Å². The quantitative estimate of drug-likeness (QED) is 0.842. The second-order valence-corrected chi connectivity index (χ2v) is 7.27. The standard InChI is InChI=1S/C20H24FN3O2/c1-14-18(22-20(26-14)15-5-4-6-16(21)11-15)12-23-9-10-24(19(25)13-23)17-7-2-3-8-17/h4-6,11,17H,2-3,7-10,12-13H2,1H3. The van der Waals surface area contributed by atoms with Gasteiger partial charge in [-0.05, 0) is 38.0 Å². The first kappa shape index (κ1) is 17.2. The van der Waals surface area contributed by atoms with E-state index in [1.165, 1.54) is 25.0 Å². The molecule has 6 heteroatoms. The molecule has 0 N–H and O–H groups in total. The SMILES string of the molecule is Cc1oc(-c2cccc(F)c2)nc1CN1CCN(C2CCCC2)C(=O)C1. The third-order valence-corrected chi connectivity index (χ3v) is 5.44. The van der Waals surface area contributed by atoms with Gasteiger partial charge in [-0.1, -0.05) is 18.9 Å². The van der Waals surface area contributed by atoms with Crippen molar-refractivity contribution in [2.45, 2.75) is 45.2 Å². The van der Waals surface area contributed by atoms with E-state index in [1.807, 2.05) is 6.92 Å². The van der Waals surface area contributed by atoms with Gasteiger partial charge in [-0.15, -0.1) is 0 Å². The van der Waals surface area contributed by atoms with Crippen LogP contribution in [0.15, 0.2) is 28.7 Å². The van der Waals surface area contributed by atoms with Gasteiger partial charge in [-0.2, -0.15) is 0 Å². The lowest BCUT2D eigenvalue weighted by atomic mass is 10.1. The number of amides is 1. The molecule has 0 radical (unpaired) electrons. The van der Waals surface area contributed by atoms with Crippen molar-refractivity contribution in [3.05, 3.63) is 41.5 Å². The zero-order chi connectivity index (χ0) is 18.1. The number of halogens is 1. The number of hydrogen-bond donors (Lipinski definition) is 0. The molecule has 5 nitrogen and oxygen atoms in total. The smallest absolute Gasteiger partial charge is 0.237 e. The van der Waals surface area contributed by atoms with Crippen LogP contribution in [0, 0.1) is 12.7 Å². The monoisotopic (exact) mass is 357 g/mol. The first-order chi connectivity index (χ1) is 12.6. The highest BCUT2D eigenvalue weighted by molar-refractivity contribution is 5.79. The first-order valence-electron chi connectivity index (χ1n) is 9.34. The van der Waals surface area contributed by atoms with Gasteiger partial charge in [0.15, 0.2) is 0 Å². The number of aryl methyl sites for hydroxylation is 1. The molecule has 26 heavy (non-hydrogen) atoms. The average molecular weight is 357 g/mol. The van der Waals surface area contributed by atoms with E-state index in [2.05, 4.69) is 14.8 Å². The highest BCUT2D eigenvalue weighted by Gasteiger charge is 2.31. The van der Waals surface area contributed by atoms with E-state index in [1.54, 1.807) is 12.1 Å². The molecule has 0 spiro atoms. The molecule has 0 unspecified atom stereocenters. The summed E-state index contributed by atoms with van der Waals surface area (Å²) in [7, 11) is 0. The van der Waals surface area contributed by atoms with Crippen LogP contribution in [0.4, 0.5) is 4.39 Å². The van der Waals surface area contributed by atoms with Crippen molar-refractivity contribution in [3.63, 3.8) is 0 Å². The molecule has 2 fully saturated rings. The van der Waals surface area contributed by atoms with Gasteiger partial charge in [0.1, 0.15) is 11.6 Å². The average Bonchev–Trinajstić information content (AvgIpc) is 3.26. The van der Waals surface area contributed by atoms with Crippen LogP contribution in [0.3, 0.4) is 0 Å². The molecule has 4 rings (SSSR count). The minimum absolute atomic E-state index is 0.217. The predicted octanol–water partition coefficient (Wildman–Crippen LogP) is 3.38. The third-order valence-electron chi connectivity index (χ3n) is 5.44. The summed E-state index contributed by atoms with van der Waals surface area (Å²) in [5, 5.41) is 0. The molecular weight excluding hydrogens is 333 g/mol. The maximum atomic E-state index is 13.4. The number of hydrogen-bond acceptors (Lipinski definition) is 4. The number of oxazole rings is 1. The van der Waals surface area contributed by atoms with Crippen LogP contribution >= 0.6 is 0 Å². The molecule has 1 aromatic heterocycles. The summed E-state index contributed by atoms with van der Waals surface area (Å²) in [4.78, 5) is 21.3. The Morgan fingerprint density at radius 3 is 2.81 bits per heavy atom. The van der Waals surface area contributed by atoms with Crippen molar-refractivity contribution >= 4 is 5.91 Å². The van der Waals surface area contributed by atoms with E-state index in [0.29, 0.717) is 30.6 Å². The first-order valence-corrected chi connectivity index (χ1v) is 9.34. The fourth-order valence-electron chi connectivity index (χ4n) is 4.00. The Morgan fingerprint density at radius 2 is 2.08 bits per heavy atom. The summed E-state index contributed by atoms with van der Waals surface area (Å²) in [6.07, 6.45) is 4.76. The fourth-order valence-corrected chi connectivity index (χ4v) is 4.00. The number of aromatic nitrogens is 1. The van der Waals surface area contributed by atoms with Gasteiger partial charge in [-0.3, -0.25) is 9.69 Å². The summed E-state index contributed by atoms with van der Waals surface area (Å²) < 4.78 is 19.1. The van der Waals surface area contributed by atoms with Crippen molar-refractivity contribution in [1.82, 2.24) is 14.8 Å². The number of piperazine rings is 1. The Labute approximate surface area is 152 Å². The van der Waals surface area contributed by atoms with Gasteiger partial charge in [0.25, 0.3) is 0 Å². The van der Waals surface area contributed by atoms with E-state index < -0.39 is 0 Å². The van der Waals surface area contributed by atoms with Crippen LogP contribution < -0.4 is 0 Å². The van der Waals surface area contributed by atoms with E-state index in [-0.39, 0.29) is 11.7 Å². The van der Waals surface area contributed by atoms with Crippen molar-refractivity contribution in [2.24, 2.45) is 0 Å². The highest BCUT2D eigenvalue weighted by Crippen LogP contribution is 2.26. The van der Waals surface area contributed by atoms with Gasteiger partial charge >= 0.3 is 0 Å². The molecule has 1 saturated heterocycles. The lowest BCUT2D eigenvalue weighted by molar-refractivity contribution is -0.138. The second kappa shape index (κ2) is 7.19. The summed E-state index contributed by atoms with van der Waals surface area (Å²) >= 11 is 0. The van der Waals surface area contributed by atoms with E-state index in [9.17, 15) is 9.18 Å². The molecule has 138 valence electrons. The Bertz CT molecular complexity index is 798. The minimum atomic E-state index is -0.312. The van der Waals surface area contributed by atoms with Crippen LogP contribution in [0.5, 0.6) is 0 Å². The predicted molar refractivity (Wildman–Crippen MR) is 95.9 cm³/mol. The summed E-state index contributed by atoms with van der Waals surface area (Å²) in [6, 6.07) is 6.68. The Hall–Kier alpha value is -2.21. The van der Waals surface area contributed by atoms with Crippen LogP contribution in [-0.4, -0.2) is 46.4 Å². The van der Waals surface area contributed by atoms with Crippen LogP contribution in [0.2, 0.25) is 0 Å². The largest absolute Gasteiger partial charge is 0.441 e. The lowest BCUT2D eigenvalue weighted by Crippen LogP contribution is -2.53. The van der Waals surface area contributed by atoms with Crippen molar-refractivity contribution < 1.29 is 13.6 Å². The van der Waals surface area contributed by atoms with E-state index >= 15 is 0 Å². The summed E-state index contributed by atoms with van der Waals surface area (Å²) in [6.45, 7) is 4.51. The molecule has 1 aromatic carbocycles. The summed E-state index contributed by atoms with van der Waals surface area (Å²) in [5.41, 5.74) is 1.44. The molecule has 1 aliphatic carbocycles. The highest BCUT2D eigenvalue weighted by atomic mass is 19.1. The normalized spacial score (nSPS) is 19.5. The molecule has 2 aliphatic rings. The topological polar surface area (TPSA) is 49.6 Å². The van der Waals surface area contributed by atoms with Crippen LogP contribution in [0.1, 0.15) is 37.1 Å². The zero-order valence-corrected chi connectivity index (χ0v) is 15.1. The fraction of sp³-hybridized carbons (Fsp3) is 0.500. The number of benzene rings is 1. The molecule has 1 amide bonds. The van der Waals surface area contributed by atoms with Crippen molar-refractivity contribution in [1.29, 1.82) is 0 Å². The number of carbonyl (C=O) groups is 1.